The fourth-order valence-corrected chi connectivity index (χ4v) is 6.31. The predicted octanol–water partition coefficient (Wildman–Crippen LogP) is 11.4. The number of rotatable bonds is 22. The number of aromatic nitrogens is 1. The van der Waals surface area contributed by atoms with Gasteiger partial charge in [-0.2, -0.15) is 0 Å². The molecule has 57 heavy (non-hydrogen) atoms. The maximum atomic E-state index is 13.3. The molecule has 0 aliphatic heterocycles. The van der Waals surface area contributed by atoms with Crippen LogP contribution in [-0.4, -0.2) is 41.2 Å². The molecule has 2 N–H and O–H groups in total. The minimum Gasteiger partial charge on any atom is -0.494 e. The van der Waals surface area contributed by atoms with Gasteiger partial charge in [-0.3, -0.25) is 4.57 Å². The topological polar surface area (TPSA) is 82.3 Å². The molecule has 1 unspecified atom stereocenters. The summed E-state index contributed by atoms with van der Waals surface area (Å²) in [5.74, 6) is -6.94. The SMILES string of the molecule is Cc1c(CC(C)c2ccc(OCCCCCCOc3cc(F)c(F)c(F)c3)cc2)c(O)n(-c2ccc(OCCCCCCOc3cc(F)c(F)c(F)c3)cc2)c1O. The highest BCUT2D eigenvalue weighted by Crippen LogP contribution is 2.39. The van der Waals surface area contributed by atoms with E-state index < -0.39 is 34.9 Å². The number of ether oxygens (including phenoxy) is 4. The summed E-state index contributed by atoms with van der Waals surface area (Å²) in [5.41, 5.74) is 2.85. The zero-order valence-electron chi connectivity index (χ0n) is 31.9. The van der Waals surface area contributed by atoms with E-state index in [0.717, 1.165) is 74.1 Å². The molecule has 0 amide bonds. The van der Waals surface area contributed by atoms with Gasteiger partial charge in [-0.05, 0) is 113 Å². The second-order valence-electron chi connectivity index (χ2n) is 13.9. The Bertz CT molecular complexity index is 2010. The van der Waals surface area contributed by atoms with Crippen molar-refractivity contribution in [1.29, 1.82) is 0 Å². The van der Waals surface area contributed by atoms with Gasteiger partial charge in [-0.1, -0.05) is 19.1 Å². The molecule has 0 bridgehead atoms. The number of unbranched alkanes of at least 4 members (excludes halogenated alkanes) is 6. The molecule has 0 aliphatic carbocycles. The van der Waals surface area contributed by atoms with Gasteiger partial charge in [0, 0.05) is 35.4 Å². The Morgan fingerprint density at radius 2 is 0.877 bits per heavy atom. The van der Waals surface area contributed by atoms with E-state index >= 15 is 0 Å². The van der Waals surface area contributed by atoms with Gasteiger partial charge in [0.15, 0.2) is 34.9 Å². The van der Waals surface area contributed by atoms with Crippen LogP contribution in [0.3, 0.4) is 0 Å². The fourth-order valence-electron chi connectivity index (χ4n) is 6.31. The minimum absolute atomic E-state index is 0.0243. The van der Waals surface area contributed by atoms with E-state index in [0.29, 0.717) is 55.0 Å². The molecule has 0 saturated heterocycles. The summed E-state index contributed by atoms with van der Waals surface area (Å²) >= 11 is 0. The van der Waals surface area contributed by atoms with E-state index in [1.165, 1.54) is 4.57 Å². The summed E-state index contributed by atoms with van der Waals surface area (Å²) in [5, 5.41) is 22.2. The third-order valence-electron chi connectivity index (χ3n) is 9.60. The number of halogens is 6. The average Bonchev–Trinajstić information content (AvgIpc) is 3.40. The highest BCUT2D eigenvalue weighted by atomic mass is 19.2. The first kappa shape index (κ1) is 42.7. The van der Waals surface area contributed by atoms with E-state index in [1.54, 1.807) is 31.2 Å². The zero-order chi connectivity index (χ0) is 40.9. The first-order valence-corrected chi connectivity index (χ1v) is 19.1. The van der Waals surface area contributed by atoms with Gasteiger partial charge in [0.05, 0.1) is 32.1 Å². The maximum absolute atomic E-state index is 13.3. The van der Waals surface area contributed by atoms with Crippen LogP contribution in [0.1, 0.15) is 80.9 Å². The largest absolute Gasteiger partial charge is 0.494 e. The van der Waals surface area contributed by atoms with Gasteiger partial charge in [-0.25, -0.2) is 26.3 Å². The summed E-state index contributed by atoms with van der Waals surface area (Å²) in [6, 6.07) is 18.1. The summed E-state index contributed by atoms with van der Waals surface area (Å²) in [4.78, 5) is 0. The first-order chi connectivity index (χ1) is 27.4. The number of nitrogens with zero attached hydrogens (tertiary/aromatic N) is 1. The Labute approximate surface area is 328 Å². The Morgan fingerprint density at radius 1 is 0.509 bits per heavy atom. The van der Waals surface area contributed by atoms with Crippen LogP contribution >= 0.6 is 0 Å². The lowest BCUT2D eigenvalue weighted by Gasteiger charge is -2.14. The molecule has 1 atom stereocenters. The third-order valence-corrected chi connectivity index (χ3v) is 9.60. The van der Waals surface area contributed by atoms with Gasteiger partial charge >= 0.3 is 0 Å². The Kier molecular flexibility index (Phi) is 15.4. The van der Waals surface area contributed by atoms with E-state index in [2.05, 4.69) is 0 Å². The molecular weight excluding hydrogens is 752 g/mol. The van der Waals surface area contributed by atoms with Crippen LogP contribution < -0.4 is 18.9 Å². The number of hydrogen-bond donors (Lipinski definition) is 2. The van der Waals surface area contributed by atoms with Crippen LogP contribution in [0.15, 0.2) is 72.8 Å². The van der Waals surface area contributed by atoms with Crippen molar-refractivity contribution in [2.45, 2.75) is 77.6 Å². The Hall–Kier alpha value is -5.46. The van der Waals surface area contributed by atoms with Crippen molar-refractivity contribution in [2.75, 3.05) is 26.4 Å². The van der Waals surface area contributed by atoms with Gasteiger partial charge in [0.1, 0.15) is 23.0 Å². The molecule has 4 aromatic carbocycles. The Balaban J connectivity index is 0.994. The van der Waals surface area contributed by atoms with Crippen LogP contribution in [0.2, 0.25) is 0 Å². The van der Waals surface area contributed by atoms with E-state index in [-0.39, 0.29) is 42.4 Å². The Morgan fingerprint density at radius 3 is 1.28 bits per heavy atom. The van der Waals surface area contributed by atoms with Crippen molar-refractivity contribution in [3.8, 4) is 40.4 Å². The maximum Gasteiger partial charge on any atom is 0.202 e. The lowest BCUT2D eigenvalue weighted by Crippen LogP contribution is -2.02. The second-order valence-corrected chi connectivity index (χ2v) is 13.9. The van der Waals surface area contributed by atoms with Crippen LogP contribution in [0.4, 0.5) is 26.3 Å². The van der Waals surface area contributed by atoms with Crippen molar-refractivity contribution in [2.24, 2.45) is 0 Å². The monoisotopic (exact) mass is 799 g/mol. The first-order valence-electron chi connectivity index (χ1n) is 19.1. The molecule has 0 radical (unpaired) electrons. The van der Waals surface area contributed by atoms with Crippen LogP contribution in [0, 0.1) is 41.8 Å². The standard InChI is InChI=1S/C44H47F6NO6/c1-28(30-11-15-32(16-12-30)54-19-7-3-5-9-21-56-34-24-37(45)41(49)38(46)25-34)23-36-29(2)43(52)51(44(36)53)31-13-17-33(18-14-31)55-20-8-4-6-10-22-57-35-26-39(47)42(50)40(48)27-35/h11-18,24-28,52-53H,3-10,19-23H2,1-2H3. The molecule has 7 nitrogen and oxygen atoms in total. The fraction of sp³-hybridized carbons (Fsp3) is 0.364. The molecule has 13 heteroatoms. The van der Waals surface area contributed by atoms with Crippen molar-refractivity contribution >= 4 is 0 Å². The van der Waals surface area contributed by atoms with Crippen LogP contribution in [-0.2, 0) is 6.42 Å². The average molecular weight is 800 g/mol. The molecule has 0 spiro atoms. The highest BCUT2D eigenvalue weighted by Gasteiger charge is 2.23. The molecule has 5 rings (SSSR count). The molecule has 0 fully saturated rings. The lowest BCUT2D eigenvalue weighted by molar-refractivity contribution is 0.285. The third kappa shape index (κ3) is 11.8. The number of benzene rings is 4. The summed E-state index contributed by atoms with van der Waals surface area (Å²) in [7, 11) is 0. The smallest absolute Gasteiger partial charge is 0.202 e. The van der Waals surface area contributed by atoms with Crippen molar-refractivity contribution in [3.05, 3.63) is 124 Å². The van der Waals surface area contributed by atoms with Crippen molar-refractivity contribution in [3.63, 3.8) is 0 Å². The quantitative estimate of drug-likeness (QED) is 0.0412. The van der Waals surface area contributed by atoms with Crippen molar-refractivity contribution in [1.82, 2.24) is 4.57 Å². The van der Waals surface area contributed by atoms with Gasteiger partial charge in [-0.15, -0.1) is 0 Å². The molecule has 5 aromatic rings. The normalized spacial score (nSPS) is 11.8. The molecule has 306 valence electrons. The van der Waals surface area contributed by atoms with Gasteiger partial charge in [0.25, 0.3) is 0 Å². The molecule has 1 heterocycles. The van der Waals surface area contributed by atoms with Crippen LogP contribution in [0.5, 0.6) is 34.8 Å². The summed E-state index contributed by atoms with van der Waals surface area (Å²) in [6.45, 7) is 5.33. The number of hydrogen-bond acceptors (Lipinski definition) is 6. The molecular formula is C44H47F6NO6. The highest BCUT2D eigenvalue weighted by molar-refractivity contribution is 5.53. The van der Waals surface area contributed by atoms with E-state index in [9.17, 15) is 36.6 Å². The summed E-state index contributed by atoms with van der Waals surface area (Å²) in [6.07, 6.45) is 6.76. The van der Waals surface area contributed by atoms with Crippen LogP contribution in [0.25, 0.3) is 5.69 Å². The minimum atomic E-state index is -1.52. The molecule has 1 aromatic heterocycles. The van der Waals surface area contributed by atoms with Gasteiger partial charge in [0.2, 0.25) is 11.8 Å². The predicted molar refractivity (Wildman–Crippen MR) is 204 cm³/mol. The zero-order valence-corrected chi connectivity index (χ0v) is 31.9. The molecule has 0 aliphatic rings. The van der Waals surface area contributed by atoms with E-state index in [4.69, 9.17) is 18.9 Å². The van der Waals surface area contributed by atoms with E-state index in [1.807, 2.05) is 31.2 Å². The lowest BCUT2D eigenvalue weighted by atomic mass is 9.93. The number of aromatic hydroxyl groups is 2. The molecule has 0 saturated carbocycles. The van der Waals surface area contributed by atoms with Crippen molar-refractivity contribution < 1.29 is 55.5 Å². The summed E-state index contributed by atoms with van der Waals surface area (Å²) < 4.78 is 103. The second kappa shape index (κ2) is 20.6. The van der Waals surface area contributed by atoms with Gasteiger partial charge < -0.3 is 29.2 Å².